The summed E-state index contributed by atoms with van der Waals surface area (Å²) in [5.74, 6) is -2.43. The van der Waals surface area contributed by atoms with Crippen LogP contribution in [0, 0.1) is 6.92 Å². The fourth-order valence-corrected chi connectivity index (χ4v) is 6.45. The number of aliphatic imine (C=N–C) groups is 2. The first kappa shape index (κ1) is 48.3. The maximum atomic E-state index is 13.7. The van der Waals surface area contributed by atoms with Gasteiger partial charge in [-0.15, -0.1) is 0 Å². The second kappa shape index (κ2) is 22.0. The van der Waals surface area contributed by atoms with Crippen LogP contribution in [-0.2, 0) is 24.4 Å². The third kappa shape index (κ3) is 11.8. The van der Waals surface area contributed by atoms with Gasteiger partial charge in [0.1, 0.15) is 28.2 Å². The number of rotatable bonds is 20. The topological polar surface area (TPSA) is 348 Å². The van der Waals surface area contributed by atoms with Crippen molar-refractivity contribution in [3.8, 4) is 11.5 Å². The zero-order chi connectivity index (χ0) is 48.1. The van der Waals surface area contributed by atoms with Crippen LogP contribution in [0.5, 0.6) is 11.5 Å². The Hall–Kier alpha value is -8.76. The Morgan fingerprint density at radius 1 is 0.818 bits per heavy atom. The number of nitrogens with one attached hydrogen (secondary N) is 3. The van der Waals surface area contributed by atoms with Gasteiger partial charge >= 0.3 is 6.09 Å². The Bertz CT molecular complexity index is 2860. The summed E-state index contributed by atoms with van der Waals surface area (Å²) in [6.07, 6.45) is 9.91. The molecular weight excluding hydrogens is 853 g/mol. The molecule has 0 unspecified atom stereocenters. The molecule has 0 saturated carbocycles. The summed E-state index contributed by atoms with van der Waals surface area (Å²) in [7, 11) is 1.42. The predicted molar refractivity (Wildman–Crippen MR) is 250 cm³/mol. The molecule has 346 valence electrons. The third-order valence-electron chi connectivity index (χ3n) is 9.33. The summed E-state index contributed by atoms with van der Waals surface area (Å²) in [5, 5.41) is 12.6. The number of allylic oxidation sites excluding steroid dienone is 4. The Balaban J connectivity index is 1.56. The van der Waals surface area contributed by atoms with Crippen LogP contribution >= 0.6 is 0 Å². The Kier molecular flexibility index (Phi) is 16.1. The first-order chi connectivity index (χ1) is 31.6. The lowest BCUT2D eigenvalue weighted by Crippen LogP contribution is -2.27. The highest BCUT2D eigenvalue weighted by Crippen LogP contribution is 2.33. The average molecular weight is 905 g/mol. The number of benzene rings is 2. The van der Waals surface area contributed by atoms with E-state index >= 15 is 0 Å². The minimum absolute atomic E-state index is 0.0171. The first-order valence-corrected chi connectivity index (χ1v) is 20.4. The van der Waals surface area contributed by atoms with Crippen molar-refractivity contribution in [3.05, 3.63) is 101 Å². The van der Waals surface area contributed by atoms with Crippen LogP contribution < -0.4 is 54.1 Å². The number of primary amides is 2. The van der Waals surface area contributed by atoms with Crippen LogP contribution in [0.4, 0.5) is 16.7 Å². The molecule has 0 aliphatic carbocycles. The smallest absolute Gasteiger partial charge is 0.412 e. The highest BCUT2D eigenvalue weighted by Gasteiger charge is 2.24. The minimum Gasteiger partial charge on any atom is -0.494 e. The molecular formula is C43H52N16O7. The number of ether oxygens (including phenoxy) is 2. The Morgan fingerprint density at radius 3 is 1.98 bits per heavy atom. The molecule has 5 aromatic rings. The van der Waals surface area contributed by atoms with E-state index < -0.39 is 29.7 Å². The Labute approximate surface area is 378 Å². The van der Waals surface area contributed by atoms with Gasteiger partial charge in [-0.05, 0) is 64.1 Å². The summed E-state index contributed by atoms with van der Waals surface area (Å²) in [4.78, 5) is 82.9. The van der Waals surface area contributed by atoms with Crippen molar-refractivity contribution in [1.82, 2.24) is 34.2 Å². The SMILES string of the molecule is CCN=C(/C=C(/C)N)C(=O)Nc1nc2cc(C(N)=O)cc(OC(=O)NC/C=C/CN=C/C(N)=C\N)c2n1C/C=C/Cn1c(NC(=O)c2cc(C)nn2CC)nc2cc(C(N)=O)cc(OC)c21. The number of nitrogens with zero attached hydrogens (tertiary/aromatic N) is 8. The van der Waals surface area contributed by atoms with Crippen molar-refractivity contribution in [2.45, 2.75) is 47.3 Å². The molecule has 13 N–H and O–H groups in total. The number of carbonyl (C=O) groups is 5. The molecule has 0 spiro atoms. The van der Waals surface area contributed by atoms with E-state index in [0.29, 0.717) is 40.4 Å². The quantitative estimate of drug-likeness (QED) is 0.0411. The van der Waals surface area contributed by atoms with E-state index in [4.69, 9.17) is 38.1 Å². The molecule has 0 aliphatic rings. The van der Waals surface area contributed by atoms with Crippen molar-refractivity contribution in [3.63, 3.8) is 0 Å². The van der Waals surface area contributed by atoms with Gasteiger partial charge in [0.05, 0.1) is 36.1 Å². The lowest BCUT2D eigenvalue weighted by Gasteiger charge is -2.13. The lowest BCUT2D eigenvalue weighted by atomic mass is 10.1. The molecule has 5 rings (SSSR count). The summed E-state index contributed by atoms with van der Waals surface area (Å²) in [5.41, 5.74) is 30.9. The van der Waals surface area contributed by atoms with E-state index in [9.17, 15) is 24.0 Å². The predicted octanol–water partition coefficient (Wildman–Crippen LogP) is 2.36. The number of nitrogens with two attached hydrogens (primary N) is 5. The van der Waals surface area contributed by atoms with Crippen LogP contribution in [-0.4, -0.2) is 97.3 Å². The number of aromatic nitrogens is 6. The Morgan fingerprint density at radius 2 is 1.42 bits per heavy atom. The first-order valence-electron chi connectivity index (χ1n) is 20.4. The van der Waals surface area contributed by atoms with Crippen molar-refractivity contribution >= 4 is 75.6 Å². The number of fused-ring (bicyclic) bond motifs is 2. The van der Waals surface area contributed by atoms with Gasteiger partial charge in [-0.1, -0.05) is 24.3 Å². The van der Waals surface area contributed by atoms with Crippen molar-refractivity contribution in [2.75, 3.05) is 37.4 Å². The molecule has 3 heterocycles. The van der Waals surface area contributed by atoms with E-state index in [-0.39, 0.29) is 84.0 Å². The molecule has 0 atom stereocenters. The number of methoxy groups -OCH3 is 1. The molecule has 0 radical (unpaired) electrons. The van der Waals surface area contributed by atoms with Gasteiger partial charge in [-0.3, -0.25) is 44.5 Å². The highest BCUT2D eigenvalue weighted by atomic mass is 16.6. The molecule has 2 aromatic carbocycles. The summed E-state index contributed by atoms with van der Waals surface area (Å²) >= 11 is 0. The van der Waals surface area contributed by atoms with Crippen LogP contribution in [0.2, 0.25) is 0 Å². The minimum atomic E-state index is -0.886. The zero-order valence-electron chi connectivity index (χ0n) is 37.0. The second-order valence-corrected chi connectivity index (χ2v) is 14.2. The summed E-state index contributed by atoms with van der Waals surface area (Å²) in [6.45, 7) is 8.05. The van der Waals surface area contributed by atoms with Gasteiger partial charge in [0, 0.05) is 62.0 Å². The molecule has 0 bridgehead atoms. The molecule has 0 fully saturated rings. The number of anilines is 2. The number of hydrogen-bond acceptors (Lipinski definition) is 15. The van der Waals surface area contributed by atoms with Crippen molar-refractivity contribution in [1.29, 1.82) is 0 Å². The molecule has 66 heavy (non-hydrogen) atoms. The fourth-order valence-electron chi connectivity index (χ4n) is 6.45. The van der Waals surface area contributed by atoms with E-state index in [2.05, 4.69) is 41.0 Å². The number of hydrogen-bond donors (Lipinski definition) is 8. The maximum absolute atomic E-state index is 13.7. The van der Waals surface area contributed by atoms with E-state index in [0.717, 1.165) is 0 Å². The normalized spacial score (nSPS) is 12.5. The molecule has 23 nitrogen and oxygen atoms in total. The van der Waals surface area contributed by atoms with Gasteiger partial charge in [0.2, 0.25) is 23.7 Å². The molecule has 5 amide bonds. The lowest BCUT2D eigenvalue weighted by molar-refractivity contribution is -0.110. The van der Waals surface area contributed by atoms with Gasteiger partial charge in [0.15, 0.2) is 5.75 Å². The number of carbonyl (C=O) groups excluding carboxylic acids is 5. The summed E-state index contributed by atoms with van der Waals surface area (Å²) in [6, 6.07) is 7.29. The van der Waals surface area contributed by atoms with E-state index in [1.807, 2.05) is 6.92 Å². The number of amides is 5. The molecule has 3 aromatic heterocycles. The van der Waals surface area contributed by atoms with Gasteiger partial charge in [-0.25, -0.2) is 14.8 Å². The van der Waals surface area contributed by atoms with Crippen LogP contribution in [0.3, 0.4) is 0 Å². The standard InChI is InChI=1S/C43H52N16O7/c1-6-50-31(16-24(3)45)39(62)54-41-53-30-19-27(38(48)61)21-34(66-43(64)51-13-9-8-12-49-23-28(46)22-44)36(30)58(41)15-11-10-14-57-35-29(18-26(37(47)60)20-33(35)65-5)52-42(57)55-40(63)32-17-25(4)56-59(32)7-2/h8-11,16-23H,6-7,12-15,44-46H2,1-5H3,(H2,47,60)(H2,48,61)(H,51,64)(H,52,55,63)(H,53,54,62)/b9-8+,11-10+,24-16-,28-22+,49-23?,50-31?. The molecule has 23 heteroatoms. The molecule has 0 aliphatic heterocycles. The number of aryl methyl sites for hydroxylation is 2. The fraction of sp³-hybridized carbons (Fsp3) is 0.256. The maximum Gasteiger partial charge on any atom is 0.412 e. The van der Waals surface area contributed by atoms with Gasteiger partial charge < -0.3 is 52.6 Å². The summed E-state index contributed by atoms with van der Waals surface area (Å²) < 4.78 is 16.2. The van der Waals surface area contributed by atoms with Crippen LogP contribution in [0.1, 0.15) is 57.7 Å². The average Bonchev–Trinajstić information content (AvgIpc) is 3.95. The van der Waals surface area contributed by atoms with Gasteiger partial charge in [0.25, 0.3) is 11.8 Å². The van der Waals surface area contributed by atoms with Gasteiger partial charge in [-0.2, -0.15) is 5.10 Å². The number of imidazole rings is 2. The third-order valence-corrected chi connectivity index (χ3v) is 9.33. The second-order valence-electron chi connectivity index (χ2n) is 14.2. The van der Waals surface area contributed by atoms with Crippen LogP contribution in [0.25, 0.3) is 22.1 Å². The zero-order valence-corrected chi connectivity index (χ0v) is 37.0. The largest absolute Gasteiger partial charge is 0.494 e. The monoisotopic (exact) mass is 904 g/mol. The van der Waals surface area contributed by atoms with Crippen molar-refractivity contribution < 1.29 is 33.4 Å². The van der Waals surface area contributed by atoms with E-state index in [1.165, 1.54) is 49.9 Å². The van der Waals surface area contributed by atoms with Crippen LogP contribution in [0.15, 0.2) is 88.3 Å². The molecule has 0 saturated heterocycles. The van der Waals surface area contributed by atoms with Crippen molar-refractivity contribution in [2.24, 2.45) is 38.7 Å². The van der Waals surface area contributed by atoms with E-state index in [1.54, 1.807) is 65.0 Å². The highest BCUT2D eigenvalue weighted by molar-refractivity contribution is 6.47.